The summed E-state index contributed by atoms with van der Waals surface area (Å²) in [6.07, 6.45) is 1.81. The van der Waals surface area contributed by atoms with Gasteiger partial charge in [-0.25, -0.2) is 4.99 Å². The summed E-state index contributed by atoms with van der Waals surface area (Å²) < 4.78 is 5.90. The predicted molar refractivity (Wildman–Crippen MR) is 110 cm³/mol. The van der Waals surface area contributed by atoms with Gasteiger partial charge in [0.2, 0.25) is 0 Å². The molecule has 0 aliphatic rings. The Balaban J connectivity index is 2.07. The maximum atomic E-state index is 8.42. The lowest BCUT2D eigenvalue weighted by atomic mass is 10.00. The minimum atomic E-state index is -0.0357. The van der Waals surface area contributed by atoms with Crippen LogP contribution in [0, 0.1) is 19.3 Å². The van der Waals surface area contributed by atoms with Gasteiger partial charge in [0.1, 0.15) is 0 Å². The van der Waals surface area contributed by atoms with E-state index in [4.69, 9.17) is 10.1 Å². The quantitative estimate of drug-likeness (QED) is 0.534. The van der Waals surface area contributed by atoms with Gasteiger partial charge in [0.05, 0.1) is 30.4 Å². The number of hydrogen-bond donors (Lipinski definition) is 1. The molecule has 2 rings (SSSR count). The third kappa shape index (κ3) is 5.27. The molecule has 0 heterocycles. The predicted octanol–water partition coefficient (Wildman–Crippen LogP) is 5.06. The molecule has 4 heteroatoms. The Hall–Kier alpha value is -2.46. The van der Waals surface area contributed by atoms with E-state index < -0.39 is 0 Å². The maximum absolute atomic E-state index is 8.42. The van der Waals surface area contributed by atoms with Crippen molar-refractivity contribution < 1.29 is 4.74 Å². The summed E-state index contributed by atoms with van der Waals surface area (Å²) >= 11 is 0. The number of hydrogen-bond acceptors (Lipinski definition) is 3. The standard InChI is InChI=1S/C22H29N3O/c1-6-25(5)15-24-22-13-16(2)20(12-17(22)3)21(23)14-26-18(4)19-10-8-7-9-11-19/h7-13,15,18,23H,6,14H2,1-5H3/b23-21?,24-15+. The molecule has 0 fully saturated rings. The van der Waals surface area contributed by atoms with Gasteiger partial charge in [-0.1, -0.05) is 30.3 Å². The summed E-state index contributed by atoms with van der Waals surface area (Å²) in [5.74, 6) is 0. The zero-order valence-corrected chi connectivity index (χ0v) is 16.4. The van der Waals surface area contributed by atoms with Crippen molar-refractivity contribution in [2.75, 3.05) is 20.2 Å². The first-order valence-corrected chi connectivity index (χ1v) is 9.02. The zero-order valence-electron chi connectivity index (χ0n) is 16.4. The van der Waals surface area contributed by atoms with Crippen LogP contribution >= 0.6 is 0 Å². The molecule has 0 amide bonds. The minimum absolute atomic E-state index is 0.0357. The van der Waals surface area contributed by atoms with E-state index in [1.54, 1.807) is 0 Å². The van der Waals surface area contributed by atoms with Crippen LogP contribution in [0.4, 0.5) is 5.69 Å². The third-order valence-electron chi connectivity index (χ3n) is 4.51. The molecule has 1 N–H and O–H groups in total. The highest BCUT2D eigenvalue weighted by Crippen LogP contribution is 2.24. The molecule has 0 aliphatic heterocycles. The highest BCUT2D eigenvalue weighted by Gasteiger charge is 2.11. The van der Waals surface area contributed by atoms with Gasteiger partial charge < -0.3 is 15.0 Å². The average Bonchev–Trinajstić information content (AvgIpc) is 2.66. The van der Waals surface area contributed by atoms with Crippen molar-refractivity contribution in [1.82, 2.24) is 4.90 Å². The number of aryl methyl sites for hydroxylation is 2. The number of nitrogens with zero attached hydrogens (tertiary/aromatic N) is 2. The van der Waals surface area contributed by atoms with E-state index in [0.29, 0.717) is 5.71 Å². The Kier molecular flexibility index (Phi) is 7.10. The Morgan fingerprint density at radius 2 is 1.88 bits per heavy atom. The SMILES string of the molecule is CCN(C)/C=N/c1cc(C)c(C(=N)COC(C)c2ccccc2)cc1C. The van der Waals surface area contributed by atoms with E-state index in [-0.39, 0.29) is 12.7 Å². The number of nitrogens with one attached hydrogen (secondary N) is 1. The first-order chi connectivity index (χ1) is 12.4. The molecule has 26 heavy (non-hydrogen) atoms. The average molecular weight is 351 g/mol. The Labute approximate surface area is 157 Å². The fourth-order valence-electron chi connectivity index (χ4n) is 2.61. The van der Waals surface area contributed by atoms with Crippen LogP contribution in [0.5, 0.6) is 0 Å². The van der Waals surface area contributed by atoms with Crippen LogP contribution in [0.1, 0.15) is 42.2 Å². The van der Waals surface area contributed by atoms with Gasteiger partial charge in [0, 0.05) is 19.2 Å². The largest absolute Gasteiger partial charge is 0.368 e. The minimum Gasteiger partial charge on any atom is -0.368 e. The van der Waals surface area contributed by atoms with Crippen LogP contribution in [0.2, 0.25) is 0 Å². The fourth-order valence-corrected chi connectivity index (χ4v) is 2.61. The monoisotopic (exact) mass is 351 g/mol. The molecule has 2 aromatic carbocycles. The van der Waals surface area contributed by atoms with Gasteiger partial charge in [-0.15, -0.1) is 0 Å². The zero-order chi connectivity index (χ0) is 19.1. The van der Waals surface area contributed by atoms with Crippen molar-refractivity contribution >= 4 is 17.7 Å². The molecule has 0 aliphatic carbocycles. The molecule has 2 aromatic rings. The lowest BCUT2D eigenvalue weighted by molar-refractivity contribution is 0.0964. The summed E-state index contributed by atoms with van der Waals surface area (Å²) in [5, 5.41) is 8.42. The summed E-state index contributed by atoms with van der Waals surface area (Å²) in [5.41, 5.74) is 5.59. The molecule has 0 bridgehead atoms. The molecule has 138 valence electrons. The van der Waals surface area contributed by atoms with Crippen molar-refractivity contribution in [2.45, 2.75) is 33.8 Å². The van der Waals surface area contributed by atoms with Crippen LogP contribution in [-0.4, -0.2) is 37.1 Å². The summed E-state index contributed by atoms with van der Waals surface area (Å²) in [7, 11) is 2.00. The van der Waals surface area contributed by atoms with Gasteiger partial charge in [-0.3, -0.25) is 0 Å². The Morgan fingerprint density at radius 1 is 1.19 bits per heavy atom. The van der Waals surface area contributed by atoms with Crippen molar-refractivity contribution in [1.29, 1.82) is 5.41 Å². The topological polar surface area (TPSA) is 48.7 Å². The summed E-state index contributed by atoms with van der Waals surface area (Å²) in [4.78, 5) is 6.58. The molecular formula is C22H29N3O. The fraction of sp³-hybridized carbons (Fsp3) is 0.364. The third-order valence-corrected chi connectivity index (χ3v) is 4.51. The number of ether oxygens (including phenoxy) is 1. The maximum Gasteiger partial charge on any atom is 0.0909 e. The van der Waals surface area contributed by atoms with Crippen molar-refractivity contribution in [3.63, 3.8) is 0 Å². The Bertz CT molecular complexity index is 768. The molecule has 0 saturated heterocycles. The van der Waals surface area contributed by atoms with Crippen LogP contribution in [0.15, 0.2) is 47.5 Å². The highest BCUT2D eigenvalue weighted by atomic mass is 16.5. The van der Waals surface area contributed by atoms with E-state index in [2.05, 4.69) is 11.9 Å². The van der Waals surface area contributed by atoms with Gasteiger partial charge in [-0.2, -0.15) is 0 Å². The first kappa shape index (κ1) is 19.9. The second kappa shape index (κ2) is 9.30. The normalized spacial score (nSPS) is 12.3. The Morgan fingerprint density at radius 3 is 2.54 bits per heavy atom. The van der Waals surface area contributed by atoms with Crippen LogP contribution in [0.25, 0.3) is 0 Å². The van der Waals surface area contributed by atoms with Crippen molar-refractivity contribution in [2.24, 2.45) is 4.99 Å². The molecule has 4 nitrogen and oxygen atoms in total. The number of rotatable bonds is 8. The van der Waals surface area contributed by atoms with E-state index in [0.717, 1.165) is 34.5 Å². The van der Waals surface area contributed by atoms with E-state index in [1.807, 2.05) is 81.5 Å². The summed E-state index contributed by atoms with van der Waals surface area (Å²) in [6.45, 7) is 9.36. The van der Waals surface area contributed by atoms with Crippen LogP contribution in [-0.2, 0) is 4.74 Å². The second-order valence-electron chi connectivity index (χ2n) is 6.61. The molecule has 0 saturated carbocycles. The second-order valence-corrected chi connectivity index (χ2v) is 6.61. The van der Waals surface area contributed by atoms with Crippen LogP contribution < -0.4 is 0 Å². The molecule has 1 atom stereocenters. The lowest BCUT2D eigenvalue weighted by Gasteiger charge is -2.16. The van der Waals surface area contributed by atoms with Crippen LogP contribution in [0.3, 0.4) is 0 Å². The van der Waals surface area contributed by atoms with Crippen molar-refractivity contribution in [3.05, 3.63) is 64.7 Å². The van der Waals surface area contributed by atoms with Gasteiger partial charge in [0.25, 0.3) is 0 Å². The number of aliphatic imine (C=N–C) groups is 1. The van der Waals surface area contributed by atoms with E-state index >= 15 is 0 Å². The van der Waals surface area contributed by atoms with Gasteiger partial charge >= 0.3 is 0 Å². The first-order valence-electron chi connectivity index (χ1n) is 9.02. The smallest absolute Gasteiger partial charge is 0.0909 e. The molecule has 0 spiro atoms. The van der Waals surface area contributed by atoms with Crippen molar-refractivity contribution in [3.8, 4) is 0 Å². The van der Waals surface area contributed by atoms with Gasteiger partial charge in [0.15, 0.2) is 0 Å². The lowest BCUT2D eigenvalue weighted by Crippen LogP contribution is -2.14. The van der Waals surface area contributed by atoms with Gasteiger partial charge in [-0.05, 0) is 56.5 Å². The summed E-state index contributed by atoms with van der Waals surface area (Å²) in [6, 6.07) is 14.2. The van der Waals surface area contributed by atoms with E-state index in [1.165, 1.54) is 0 Å². The molecule has 0 aromatic heterocycles. The molecule has 0 radical (unpaired) electrons. The number of benzene rings is 2. The molecule has 1 unspecified atom stereocenters. The molecular weight excluding hydrogens is 322 g/mol. The van der Waals surface area contributed by atoms with E-state index in [9.17, 15) is 0 Å². The highest BCUT2D eigenvalue weighted by molar-refractivity contribution is 6.01.